The average Bonchev–Trinajstić information content (AvgIpc) is 2.64. The maximum Gasteiger partial charge on any atom is 0.191 e. The zero-order valence-corrected chi connectivity index (χ0v) is 14.8. The molecule has 2 rings (SSSR count). The van der Waals surface area contributed by atoms with Crippen molar-refractivity contribution in [3.63, 3.8) is 0 Å². The summed E-state index contributed by atoms with van der Waals surface area (Å²) in [5, 5.41) is 9.74. The minimum Gasteiger partial charge on any atom is -0.370 e. The van der Waals surface area contributed by atoms with Gasteiger partial charge in [0.2, 0.25) is 0 Å². The molecule has 0 radical (unpaired) electrons. The number of halogens is 1. The van der Waals surface area contributed by atoms with Crippen LogP contribution in [0.1, 0.15) is 24.0 Å². The molecule has 0 aliphatic rings. The molecule has 0 unspecified atom stereocenters. The number of hydrogen-bond acceptors (Lipinski definition) is 3. The standard InChI is InChI=1S/C19H26FN5/c1-15-8-9-16(13-17(15)20)14-25-19(21-2)24-12-6-5-11-23-18-7-3-4-10-22-18/h3-4,7-10,13H,5-6,11-12,14H2,1-2H3,(H,22,23)(H2,21,24,25). The van der Waals surface area contributed by atoms with E-state index in [-0.39, 0.29) is 5.82 Å². The molecule has 0 saturated carbocycles. The summed E-state index contributed by atoms with van der Waals surface area (Å²) in [4.78, 5) is 8.40. The molecular formula is C19H26FN5. The predicted octanol–water partition coefficient (Wildman–Crippen LogP) is 3.09. The highest BCUT2D eigenvalue weighted by Crippen LogP contribution is 2.08. The number of nitrogens with zero attached hydrogens (tertiary/aromatic N) is 2. The fraction of sp³-hybridized carbons (Fsp3) is 0.368. The first kappa shape index (κ1) is 18.7. The van der Waals surface area contributed by atoms with Gasteiger partial charge in [0.15, 0.2) is 5.96 Å². The van der Waals surface area contributed by atoms with Crippen LogP contribution in [0.25, 0.3) is 0 Å². The van der Waals surface area contributed by atoms with E-state index in [0.29, 0.717) is 12.1 Å². The van der Waals surface area contributed by atoms with Crippen LogP contribution < -0.4 is 16.0 Å². The number of guanidine groups is 1. The Kier molecular flexibility index (Phi) is 7.69. The Hall–Kier alpha value is -2.63. The number of nitrogens with one attached hydrogen (secondary N) is 3. The van der Waals surface area contributed by atoms with Gasteiger partial charge in [-0.2, -0.15) is 0 Å². The van der Waals surface area contributed by atoms with Crippen molar-refractivity contribution >= 4 is 11.8 Å². The lowest BCUT2D eigenvalue weighted by Gasteiger charge is -2.12. The van der Waals surface area contributed by atoms with Gasteiger partial charge >= 0.3 is 0 Å². The Labute approximate surface area is 148 Å². The summed E-state index contributed by atoms with van der Waals surface area (Å²) in [5.74, 6) is 1.44. The first-order valence-corrected chi connectivity index (χ1v) is 8.53. The molecule has 0 spiro atoms. The van der Waals surface area contributed by atoms with Crippen LogP contribution in [-0.4, -0.2) is 31.1 Å². The highest BCUT2D eigenvalue weighted by Gasteiger charge is 2.01. The van der Waals surface area contributed by atoms with Gasteiger partial charge in [-0.25, -0.2) is 9.37 Å². The van der Waals surface area contributed by atoms with Crippen molar-refractivity contribution in [2.45, 2.75) is 26.3 Å². The lowest BCUT2D eigenvalue weighted by Crippen LogP contribution is -2.37. The Morgan fingerprint density at radius 2 is 1.96 bits per heavy atom. The molecule has 0 fully saturated rings. The number of aryl methyl sites for hydroxylation is 1. The fourth-order valence-corrected chi connectivity index (χ4v) is 2.29. The predicted molar refractivity (Wildman–Crippen MR) is 101 cm³/mol. The SMILES string of the molecule is CN=C(NCCCCNc1ccccn1)NCc1ccc(C)c(F)c1. The van der Waals surface area contributed by atoms with Crippen molar-refractivity contribution in [3.8, 4) is 0 Å². The van der Waals surface area contributed by atoms with Crippen LogP contribution in [0.15, 0.2) is 47.6 Å². The van der Waals surface area contributed by atoms with Crippen molar-refractivity contribution in [1.29, 1.82) is 0 Å². The molecule has 0 aliphatic heterocycles. The lowest BCUT2D eigenvalue weighted by atomic mass is 10.1. The van der Waals surface area contributed by atoms with Crippen LogP contribution in [0.2, 0.25) is 0 Å². The Morgan fingerprint density at radius 3 is 2.68 bits per heavy atom. The third-order valence-electron chi connectivity index (χ3n) is 3.79. The maximum atomic E-state index is 13.5. The van der Waals surface area contributed by atoms with E-state index in [4.69, 9.17) is 0 Å². The van der Waals surface area contributed by atoms with E-state index in [0.717, 1.165) is 43.3 Å². The second kappa shape index (κ2) is 10.3. The number of pyridine rings is 1. The molecule has 1 aromatic carbocycles. The van der Waals surface area contributed by atoms with Crippen LogP contribution >= 0.6 is 0 Å². The number of aliphatic imine (C=N–C) groups is 1. The summed E-state index contributed by atoms with van der Waals surface area (Å²) in [7, 11) is 1.73. The van der Waals surface area contributed by atoms with Crippen LogP contribution in [0.5, 0.6) is 0 Å². The van der Waals surface area contributed by atoms with Gasteiger partial charge in [0.05, 0.1) is 0 Å². The third kappa shape index (κ3) is 6.79. The summed E-state index contributed by atoms with van der Waals surface area (Å²) in [6.45, 7) is 4.01. The second-order valence-corrected chi connectivity index (χ2v) is 5.78. The number of unbranched alkanes of at least 4 members (excludes halogenated alkanes) is 1. The molecule has 5 nitrogen and oxygen atoms in total. The van der Waals surface area contributed by atoms with Gasteiger partial charge in [-0.1, -0.05) is 18.2 Å². The van der Waals surface area contributed by atoms with E-state index in [2.05, 4.69) is 25.9 Å². The largest absolute Gasteiger partial charge is 0.370 e. The Balaban J connectivity index is 1.61. The van der Waals surface area contributed by atoms with E-state index >= 15 is 0 Å². The van der Waals surface area contributed by atoms with E-state index in [9.17, 15) is 4.39 Å². The molecule has 1 aromatic heterocycles. The van der Waals surface area contributed by atoms with Gasteiger partial charge < -0.3 is 16.0 Å². The lowest BCUT2D eigenvalue weighted by molar-refractivity contribution is 0.615. The summed E-state index contributed by atoms with van der Waals surface area (Å²) in [5.41, 5.74) is 1.55. The summed E-state index contributed by atoms with van der Waals surface area (Å²) in [6.07, 6.45) is 3.82. The molecule has 0 atom stereocenters. The molecule has 25 heavy (non-hydrogen) atoms. The highest BCUT2D eigenvalue weighted by molar-refractivity contribution is 5.79. The summed E-state index contributed by atoms with van der Waals surface area (Å²) < 4.78 is 13.5. The summed E-state index contributed by atoms with van der Waals surface area (Å²) >= 11 is 0. The average molecular weight is 343 g/mol. The minimum atomic E-state index is -0.178. The quantitative estimate of drug-likeness (QED) is 0.392. The molecular weight excluding hydrogens is 317 g/mol. The van der Waals surface area contributed by atoms with Gasteiger partial charge in [0.1, 0.15) is 11.6 Å². The third-order valence-corrected chi connectivity index (χ3v) is 3.79. The van der Waals surface area contributed by atoms with Gasteiger partial charge in [-0.3, -0.25) is 4.99 Å². The highest BCUT2D eigenvalue weighted by atomic mass is 19.1. The number of rotatable bonds is 8. The van der Waals surface area contributed by atoms with Crippen LogP contribution in [0.4, 0.5) is 10.2 Å². The summed E-state index contributed by atoms with van der Waals surface area (Å²) in [6, 6.07) is 11.1. The van der Waals surface area contributed by atoms with E-state index in [1.54, 1.807) is 32.3 Å². The molecule has 2 aromatic rings. The molecule has 0 aliphatic carbocycles. The molecule has 0 saturated heterocycles. The van der Waals surface area contributed by atoms with Crippen molar-refractivity contribution in [3.05, 3.63) is 59.5 Å². The van der Waals surface area contributed by atoms with E-state index < -0.39 is 0 Å². The minimum absolute atomic E-state index is 0.178. The van der Waals surface area contributed by atoms with Crippen LogP contribution in [0, 0.1) is 12.7 Å². The first-order chi connectivity index (χ1) is 12.2. The number of aromatic nitrogens is 1. The van der Waals surface area contributed by atoms with Crippen molar-refractivity contribution < 1.29 is 4.39 Å². The molecule has 0 bridgehead atoms. The van der Waals surface area contributed by atoms with Crippen LogP contribution in [-0.2, 0) is 6.54 Å². The number of hydrogen-bond donors (Lipinski definition) is 3. The van der Waals surface area contributed by atoms with E-state index in [1.807, 2.05) is 24.3 Å². The second-order valence-electron chi connectivity index (χ2n) is 5.78. The molecule has 1 heterocycles. The maximum absolute atomic E-state index is 13.5. The zero-order valence-electron chi connectivity index (χ0n) is 14.8. The van der Waals surface area contributed by atoms with Crippen molar-refractivity contribution in [2.24, 2.45) is 4.99 Å². The monoisotopic (exact) mass is 343 g/mol. The van der Waals surface area contributed by atoms with Gasteiger partial charge in [-0.15, -0.1) is 0 Å². The Bertz CT molecular complexity index is 673. The van der Waals surface area contributed by atoms with Crippen LogP contribution in [0.3, 0.4) is 0 Å². The van der Waals surface area contributed by atoms with E-state index in [1.165, 1.54) is 0 Å². The Morgan fingerprint density at radius 1 is 1.12 bits per heavy atom. The topological polar surface area (TPSA) is 61.3 Å². The van der Waals surface area contributed by atoms with Crippen molar-refractivity contribution in [2.75, 3.05) is 25.5 Å². The first-order valence-electron chi connectivity index (χ1n) is 8.53. The van der Waals surface area contributed by atoms with Crippen molar-refractivity contribution in [1.82, 2.24) is 15.6 Å². The molecule has 134 valence electrons. The zero-order chi connectivity index (χ0) is 17.9. The number of anilines is 1. The fourth-order valence-electron chi connectivity index (χ4n) is 2.29. The number of benzene rings is 1. The normalized spacial score (nSPS) is 11.2. The molecule has 6 heteroatoms. The van der Waals surface area contributed by atoms with Gasteiger partial charge in [0, 0.05) is 32.9 Å². The van der Waals surface area contributed by atoms with Gasteiger partial charge in [0.25, 0.3) is 0 Å². The van der Waals surface area contributed by atoms with Gasteiger partial charge in [-0.05, 0) is 49.1 Å². The smallest absolute Gasteiger partial charge is 0.191 e. The molecule has 3 N–H and O–H groups in total. The molecule has 0 amide bonds.